The van der Waals surface area contributed by atoms with Crippen molar-refractivity contribution < 1.29 is 9.90 Å². The van der Waals surface area contributed by atoms with E-state index in [1.54, 1.807) is 32.2 Å². The molecule has 0 spiro atoms. The number of carboxylic acids is 1. The Morgan fingerprint density at radius 1 is 1.64 bits per heavy atom. The number of aromatic nitrogens is 1. The first-order chi connectivity index (χ1) is 6.43. The average Bonchev–Trinajstić information content (AvgIpc) is 2.08. The lowest BCUT2D eigenvalue weighted by Crippen LogP contribution is -2.26. The number of carbonyl (C=O) groups is 1. The Balaban J connectivity index is 2.89. The van der Waals surface area contributed by atoms with Crippen LogP contribution in [0.4, 0.5) is 0 Å². The van der Waals surface area contributed by atoms with Gasteiger partial charge in [-0.1, -0.05) is 17.7 Å². The van der Waals surface area contributed by atoms with Crippen LogP contribution in [0, 0.1) is 5.41 Å². The Hall–Kier alpha value is -1.09. The van der Waals surface area contributed by atoms with Crippen molar-refractivity contribution in [3.05, 3.63) is 29.0 Å². The molecule has 0 aliphatic rings. The molecule has 1 aromatic rings. The van der Waals surface area contributed by atoms with Gasteiger partial charge in [0, 0.05) is 6.20 Å². The quantitative estimate of drug-likeness (QED) is 0.785. The molecule has 14 heavy (non-hydrogen) atoms. The Bertz CT molecular complexity index is 350. The minimum absolute atomic E-state index is 0.377. The van der Waals surface area contributed by atoms with Gasteiger partial charge in [-0.05, 0) is 31.9 Å². The monoisotopic (exact) mass is 213 g/mol. The Kier molecular flexibility index (Phi) is 3.11. The highest BCUT2D eigenvalue weighted by Crippen LogP contribution is 2.25. The normalized spacial score (nSPS) is 11.4. The van der Waals surface area contributed by atoms with Crippen molar-refractivity contribution >= 4 is 17.6 Å². The first-order valence-electron chi connectivity index (χ1n) is 4.26. The Morgan fingerprint density at radius 2 is 2.29 bits per heavy atom. The summed E-state index contributed by atoms with van der Waals surface area (Å²) in [4.78, 5) is 14.8. The molecule has 0 aromatic carbocycles. The van der Waals surface area contributed by atoms with Gasteiger partial charge < -0.3 is 5.11 Å². The van der Waals surface area contributed by atoms with E-state index in [0.29, 0.717) is 11.6 Å². The van der Waals surface area contributed by atoms with Crippen molar-refractivity contribution in [2.45, 2.75) is 20.3 Å². The minimum atomic E-state index is -0.836. The standard InChI is InChI=1S/C10H12ClNO2/c1-10(2,9(13)14)6-7-4-3-5-12-8(7)11/h3-5H,6H2,1-2H3,(H,13,14). The predicted molar refractivity (Wildman–Crippen MR) is 54.4 cm³/mol. The van der Waals surface area contributed by atoms with Crippen molar-refractivity contribution in [1.29, 1.82) is 0 Å². The average molecular weight is 214 g/mol. The third-order valence-corrected chi connectivity index (χ3v) is 2.39. The number of hydrogen-bond acceptors (Lipinski definition) is 2. The zero-order chi connectivity index (χ0) is 10.8. The van der Waals surface area contributed by atoms with Gasteiger partial charge in [-0.2, -0.15) is 0 Å². The van der Waals surface area contributed by atoms with Crippen LogP contribution in [0.5, 0.6) is 0 Å². The lowest BCUT2D eigenvalue weighted by molar-refractivity contribution is -0.146. The van der Waals surface area contributed by atoms with Gasteiger partial charge in [0.2, 0.25) is 0 Å². The summed E-state index contributed by atoms with van der Waals surface area (Å²) in [6.07, 6.45) is 1.97. The SMILES string of the molecule is CC(C)(Cc1cccnc1Cl)C(=O)O. The van der Waals surface area contributed by atoms with Crippen LogP contribution in [-0.4, -0.2) is 16.1 Å². The van der Waals surface area contributed by atoms with Crippen LogP contribution in [-0.2, 0) is 11.2 Å². The third kappa shape index (κ3) is 2.45. The van der Waals surface area contributed by atoms with Gasteiger partial charge in [-0.15, -0.1) is 0 Å². The molecule has 0 aliphatic carbocycles. The second-order valence-corrected chi connectivity index (χ2v) is 4.18. The molecule has 0 amide bonds. The van der Waals surface area contributed by atoms with E-state index in [-0.39, 0.29) is 0 Å². The molecule has 1 N–H and O–H groups in total. The van der Waals surface area contributed by atoms with Crippen molar-refractivity contribution in [2.24, 2.45) is 5.41 Å². The molecule has 0 unspecified atom stereocenters. The summed E-state index contributed by atoms with van der Waals surface area (Å²) in [5.74, 6) is -0.836. The summed E-state index contributed by atoms with van der Waals surface area (Å²) in [7, 11) is 0. The lowest BCUT2D eigenvalue weighted by atomic mass is 9.86. The van der Waals surface area contributed by atoms with E-state index in [0.717, 1.165) is 5.56 Å². The fourth-order valence-electron chi connectivity index (χ4n) is 1.10. The maximum atomic E-state index is 10.9. The largest absolute Gasteiger partial charge is 0.481 e. The summed E-state index contributed by atoms with van der Waals surface area (Å²) in [5, 5.41) is 9.31. The fourth-order valence-corrected chi connectivity index (χ4v) is 1.29. The third-order valence-electron chi connectivity index (χ3n) is 2.05. The van der Waals surface area contributed by atoms with E-state index in [9.17, 15) is 4.79 Å². The summed E-state index contributed by atoms with van der Waals surface area (Å²) < 4.78 is 0. The Labute approximate surface area is 87.7 Å². The van der Waals surface area contributed by atoms with Crippen LogP contribution in [0.25, 0.3) is 0 Å². The predicted octanol–water partition coefficient (Wildman–Crippen LogP) is 2.39. The zero-order valence-electron chi connectivity index (χ0n) is 8.12. The number of rotatable bonds is 3. The second-order valence-electron chi connectivity index (χ2n) is 3.82. The fraction of sp³-hybridized carbons (Fsp3) is 0.400. The van der Waals surface area contributed by atoms with E-state index >= 15 is 0 Å². The van der Waals surface area contributed by atoms with Gasteiger partial charge in [0.25, 0.3) is 0 Å². The molecule has 0 fully saturated rings. The number of nitrogens with zero attached hydrogens (tertiary/aromatic N) is 1. The first-order valence-corrected chi connectivity index (χ1v) is 4.64. The molecular weight excluding hydrogens is 202 g/mol. The van der Waals surface area contributed by atoms with Gasteiger partial charge in [0.15, 0.2) is 0 Å². The van der Waals surface area contributed by atoms with Crippen LogP contribution in [0.2, 0.25) is 5.15 Å². The maximum Gasteiger partial charge on any atom is 0.309 e. The van der Waals surface area contributed by atoms with Crippen LogP contribution in [0.1, 0.15) is 19.4 Å². The number of hydrogen-bond donors (Lipinski definition) is 1. The molecule has 1 heterocycles. The summed E-state index contributed by atoms with van der Waals surface area (Å²) in [6, 6.07) is 3.54. The molecule has 0 bridgehead atoms. The maximum absolute atomic E-state index is 10.9. The van der Waals surface area contributed by atoms with Crippen molar-refractivity contribution in [3.8, 4) is 0 Å². The van der Waals surface area contributed by atoms with Crippen molar-refractivity contribution in [1.82, 2.24) is 4.98 Å². The highest BCUT2D eigenvalue weighted by atomic mass is 35.5. The van der Waals surface area contributed by atoms with Gasteiger partial charge in [0.1, 0.15) is 5.15 Å². The van der Waals surface area contributed by atoms with Crippen LogP contribution < -0.4 is 0 Å². The Morgan fingerprint density at radius 3 is 2.79 bits per heavy atom. The second kappa shape index (κ2) is 3.96. The van der Waals surface area contributed by atoms with Gasteiger partial charge in [-0.3, -0.25) is 4.79 Å². The molecule has 0 atom stereocenters. The molecule has 76 valence electrons. The van der Waals surface area contributed by atoms with Gasteiger partial charge >= 0.3 is 5.97 Å². The molecule has 1 rings (SSSR count). The summed E-state index contributed by atoms with van der Waals surface area (Å²) in [6.45, 7) is 3.33. The molecule has 3 nitrogen and oxygen atoms in total. The molecule has 0 saturated heterocycles. The molecule has 0 aliphatic heterocycles. The van der Waals surface area contributed by atoms with Gasteiger partial charge in [0.05, 0.1) is 5.41 Å². The number of aliphatic carboxylic acids is 1. The van der Waals surface area contributed by atoms with E-state index < -0.39 is 11.4 Å². The molecule has 0 saturated carbocycles. The smallest absolute Gasteiger partial charge is 0.309 e. The van der Waals surface area contributed by atoms with E-state index in [1.165, 1.54) is 0 Å². The number of carboxylic acid groups (broad SMARTS) is 1. The zero-order valence-corrected chi connectivity index (χ0v) is 8.88. The number of halogens is 1. The number of pyridine rings is 1. The minimum Gasteiger partial charge on any atom is -0.481 e. The highest BCUT2D eigenvalue weighted by molar-refractivity contribution is 6.30. The molecular formula is C10H12ClNO2. The highest BCUT2D eigenvalue weighted by Gasteiger charge is 2.28. The summed E-state index contributed by atoms with van der Waals surface area (Å²) >= 11 is 5.83. The molecule has 0 radical (unpaired) electrons. The van der Waals surface area contributed by atoms with Crippen molar-refractivity contribution in [3.63, 3.8) is 0 Å². The van der Waals surface area contributed by atoms with E-state index in [2.05, 4.69) is 4.98 Å². The first kappa shape index (κ1) is 11.0. The summed E-state index contributed by atoms with van der Waals surface area (Å²) in [5.41, 5.74) is -0.0475. The van der Waals surface area contributed by atoms with Crippen LogP contribution in [0.3, 0.4) is 0 Å². The van der Waals surface area contributed by atoms with Gasteiger partial charge in [-0.25, -0.2) is 4.98 Å². The van der Waals surface area contributed by atoms with Crippen molar-refractivity contribution in [2.75, 3.05) is 0 Å². The van der Waals surface area contributed by atoms with E-state index in [4.69, 9.17) is 16.7 Å². The topological polar surface area (TPSA) is 50.2 Å². The lowest BCUT2D eigenvalue weighted by Gasteiger charge is -2.19. The molecule has 1 aromatic heterocycles. The molecule has 4 heteroatoms. The van der Waals surface area contributed by atoms with Crippen LogP contribution >= 0.6 is 11.6 Å². The van der Waals surface area contributed by atoms with E-state index in [1.807, 2.05) is 0 Å². The van der Waals surface area contributed by atoms with Crippen LogP contribution in [0.15, 0.2) is 18.3 Å².